The highest BCUT2D eigenvalue weighted by Crippen LogP contribution is 2.35. The molecule has 2 amide bonds. The molecule has 0 radical (unpaired) electrons. The molecular formula is C21H17Cl3N4O3S. The highest BCUT2D eigenvalue weighted by Gasteiger charge is 2.34. The molecule has 2 aromatic carbocycles. The summed E-state index contributed by atoms with van der Waals surface area (Å²) in [6.07, 6.45) is 0.312. The summed E-state index contributed by atoms with van der Waals surface area (Å²) >= 11 is 19.3. The van der Waals surface area contributed by atoms with Gasteiger partial charge in [0.1, 0.15) is 10.8 Å². The number of anilines is 2. The molecule has 2 heterocycles. The molecule has 1 atom stereocenters. The van der Waals surface area contributed by atoms with Crippen molar-refractivity contribution < 1.29 is 14.3 Å². The number of nitrogens with one attached hydrogen (secondary N) is 1. The van der Waals surface area contributed by atoms with Crippen LogP contribution in [0.1, 0.15) is 22.9 Å². The molecule has 0 bridgehead atoms. The number of halogens is 3. The number of aryl methyl sites for hydroxylation is 1. The third-order valence-electron chi connectivity index (χ3n) is 4.88. The average molecular weight is 512 g/mol. The van der Waals surface area contributed by atoms with Crippen molar-refractivity contribution in [1.82, 2.24) is 10.2 Å². The summed E-state index contributed by atoms with van der Waals surface area (Å²) in [6.45, 7) is 2.13. The summed E-state index contributed by atoms with van der Waals surface area (Å²) in [5.74, 6) is -0.180. The molecule has 4 rings (SSSR count). The maximum Gasteiger partial charge on any atom is 0.264 e. The molecule has 1 aromatic heterocycles. The number of amides is 2. The molecular weight excluding hydrogens is 495 g/mol. The number of aromatic nitrogens is 2. The fourth-order valence-electron chi connectivity index (χ4n) is 3.21. The van der Waals surface area contributed by atoms with Crippen molar-refractivity contribution in [2.45, 2.75) is 19.3 Å². The van der Waals surface area contributed by atoms with Crippen molar-refractivity contribution in [1.29, 1.82) is 0 Å². The molecule has 1 unspecified atom stereocenters. The smallest absolute Gasteiger partial charge is 0.264 e. The van der Waals surface area contributed by atoms with Crippen LogP contribution < -0.4 is 15.0 Å². The Labute approximate surface area is 203 Å². The van der Waals surface area contributed by atoms with E-state index >= 15 is 0 Å². The standard InChI is InChI=1S/C21H17Cl3N4O3S/c1-11-2-4-14(8-15(11)23)28-9-12(6-19(28)30)20-26-27-21(32-20)25-18(29)10-31-17-5-3-13(22)7-16(17)24/h2-5,7-8,12H,6,9-10H2,1H3,(H,25,27,29). The van der Waals surface area contributed by atoms with Gasteiger partial charge in [-0.3, -0.25) is 14.9 Å². The van der Waals surface area contributed by atoms with Crippen LogP contribution in [0, 0.1) is 6.92 Å². The van der Waals surface area contributed by atoms with Gasteiger partial charge in [-0.2, -0.15) is 0 Å². The fourth-order valence-corrected chi connectivity index (χ4v) is 4.70. The Kier molecular flexibility index (Phi) is 6.85. The molecule has 1 saturated heterocycles. The van der Waals surface area contributed by atoms with Crippen molar-refractivity contribution in [3.8, 4) is 5.75 Å². The Hall–Kier alpha value is -2.39. The van der Waals surface area contributed by atoms with E-state index < -0.39 is 5.91 Å². The van der Waals surface area contributed by atoms with Gasteiger partial charge in [0.25, 0.3) is 5.91 Å². The minimum atomic E-state index is -0.405. The molecule has 166 valence electrons. The first kappa shape index (κ1) is 22.8. The second-order valence-electron chi connectivity index (χ2n) is 7.20. The molecule has 32 heavy (non-hydrogen) atoms. The van der Waals surface area contributed by atoms with Gasteiger partial charge in [0.05, 0.1) is 5.02 Å². The zero-order valence-corrected chi connectivity index (χ0v) is 19.9. The normalized spacial score (nSPS) is 15.8. The lowest BCUT2D eigenvalue weighted by molar-refractivity contribution is -0.118. The zero-order valence-electron chi connectivity index (χ0n) is 16.8. The van der Waals surface area contributed by atoms with Crippen LogP contribution in [0.4, 0.5) is 10.8 Å². The van der Waals surface area contributed by atoms with Crippen LogP contribution in [0.3, 0.4) is 0 Å². The van der Waals surface area contributed by atoms with E-state index in [0.717, 1.165) is 11.3 Å². The van der Waals surface area contributed by atoms with Gasteiger partial charge in [0, 0.05) is 34.6 Å². The predicted molar refractivity (Wildman–Crippen MR) is 126 cm³/mol. The third kappa shape index (κ3) is 5.15. The minimum Gasteiger partial charge on any atom is -0.482 e. The molecule has 0 saturated carbocycles. The summed E-state index contributed by atoms with van der Waals surface area (Å²) in [6, 6.07) is 10.3. The summed E-state index contributed by atoms with van der Waals surface area (Å²) in [4.78, 5) is 26.4. The number of ether oxygens (including phenoxy) is 1. The van der Waals surface area contributed by atoms with Crippen LogP contribution in [0.2, 0.25) is 15.1 Å². The third-order valence-corrected chi connectivity index (χ3v) is 6.82. The fraction of sp³-hybridized carbons (Fsp3) is 0.238. The quantitative estimate of drug-likeness (QED) is 0.482. The maximum atomic E-state index is 12.5. The van der Waals surface area contributed by atoms with Crippen LogP contribution in [0.5, 0.6) is 5.75 Å². The molecule has 1 N–H and O–H groups in total. The summed E-state index contributed by atoms with van der Waals surface area (Å²) in [5, 5.41) is 13.2. The van der Waals surface area contributed by atoms with Gasteiger partial charge >= 0.3 is 0 Å². The lowest BCUT2D eigenvalue weighted by atomic mass is 10.1. The van der Waals surface area contributed by atoms with Crippen LogP contribution >= 0.6 is 46.1 Å². The van der Waals surface area contributed by atoms with Crippen molar-refractivity contribution >= 4 is 68.8 Å². The van der Waals surface area contributed by atoms with Crippen LogP contribution in [0.25, 0.3) is 0 Å². The van der Waals surface area contributed by atoms with Gasteiger partial charge in [0.15, 0.2) is 6.61 Å². The Bertz CT molecular complexity index is 1190. The van der Waals surface area contributed by atoms with Gasteiger partial charge in [-0.1, -0.05) is 52.2 Å². The highest BCUT2D eigenvalue weighted by molar-refractivity contribution is 7.15. The lowest BCUT2D eigenvalue weighted by Gasteiger charge is -2.17. The van der Waals surface area contributed by atoms with E-state index in [1.54, 1.807) is 23.1 Å². The summed E-state index contributed by atoms with van der Waals surface area (Å²) in [5.41, 5.74) is 1.70. The Morgan fingerprint density at radius 3 is 2.75 bits per heavy atom. The van der Waals surface area contributed by atoms with Gasteiger partial charge in [-0.25, -0.2) is 0 Å². The highest BCUT2D eigenvalue weighted by atomic mass is 35.5. The number of rotatable bonds is 6. The largest absolute Gasteiger partial charge is 0.482 e. The van der Waals surface area contributed by atoms with E-state index in [2.05, 4.69) is 15.5 Å². The Balaban J connectivity index is 1.35. The lowest BCUT2D eigenvalue weighted by Crippen LogP contribution is -2.24. The molecule has 1 aliphatic rings. The van der Waals surface area contributed by atoms with Crippen molar-refractivity contribution in [3.63, 3.8) is 0 Å². The van der Waals surface area contributed by atoms with Crippen molar-refractivity contribution in [3.05, 3.63) is 62.0 Å². The summed E-state index contributed by atoms with van der Waals surface area (Å²) in [7, 11) is 0. The van der Waals surface area contributed by atoms with E-state index in [-0.39, 0.29) is 18.4 Å². The van der Waals surface area contributed by atoms with Gasteiger partial charge in [-0.15, -0.1) is 10.2 Å². The summed E-state index contributed by atoms with van der Waals surface area (Å²) < 4.78 is 5.42. The number of carbonyl (C=O) groups excluding carboxylic acids is 2. The average Bonchev–Trinajstić information content (AvgIpc) is 3.36. The number of nitrogens with zero attached hydrogens (tertiary/aromatic N) is 3. The molecule has 0 spiro atoms. The van der Waals surface area contributed by atoms with Crippen molar-refractivity contribution in [2.24, 2.45) is 0 Å². The van der Waals surface area contributed by atoms with E-state index in [4.69, 9.17) is 39.5 Å². The number of hydrogen-bond donors (Lipinski definition) is 1. The van der Waals surface area contributed by atoms with E-state index in [1.807, 2.05) is 19.1 Å². The van der Waals surface area contributed by atoms with Crippen LogP contribution in [0.15, 0.2) is 36.4 Å². The molecule has 1 fully saturated rings. The number of hydrogen-bond acceptors (Lipinski definition) is 6. The second kappa shape index (κ2) is 9.62. The first-order valence-electron chi connectivity index (χ1n) is 9.58. The monoisotopic (exact) mass is 510 g/mol. The van der Waals surface area contributed by atoms with E-state index in [0.29, 0.717) is 43.9 Å². The predicted octanol–water partition coefficient (Wildman–Crippen LogP) is 5.34. The van der Waals surface area contributed by atoms with Gasteiger partial charge < -0.3 is 9.64 Å². The first-order valence-corrected chi connectivity index (χ1v) is 11.5. The number of carbonyl (C=O) groups is 2. The maximum absolute atomic E-state index is 12.5. The van der Waals surface area contributed by atoms with Crippen LogP contribution in [-0.2, 0) is 9.59 Å². The van der Waals surface area contributed by atoms with Gasteiger partial charge in [0.2, 0.25) is 11.0 Å². The molecule has 3 aromatic rings. The Morgan fingerprint density at radius 1 is 1.19 bits per heavy atom. The van der Waals surface area contributed by atoms with Crippen LogP contribution in [-0.4, -0.2) is 35.2 Å². The topological polar surface area (TPSA) is 84.4 Å². The zero-order chi connectivity index (χ0) is 22.8. The molecule has 0 aliphatic carbocycles. The molecule has 7 nitrogen and oxygen atoms in total. The molecule has 1 aliphatic heterocycles. The number of benzene rings is 2. The first-order chi connectivity index (χ1) is 15.3. The van der Waals surface area contributed by atoms with Gasteiger partial charge in [-0.05, 0) is 42.8 Å². The SMILES string of the molecule is Cc1ccc(N2CC(c3nnc(NC(=O)COc4ccc(Cl)cc4Cl)s3)CC2=O)cc1Cl. The van der Waals surface area contributed by atoms with Crippen molar-refractivity contribution in [2.75, 3.05) is 23.4 Å². The molecule has 11 heteroatoms. The van der Waals surface area contributed by atoms with E-state index in [9.17, 15) is 9.59 Å². The second-order valence-corrected chi connectivity index (χ2v) is 9.46. The Morgan fingerprint density at radius 2 is 2.00 bits per heavy atom. The minimum absolute atomic E-state index is 0.0102. The van der Waals surface area contributed by atoms with E-state index in [1.165, 1.54) is 17.4 Å².